The van der Waals surface area contributed by atoms with Crippen LogP contribution in [0.2, 0.25) is 0 Å². The third kappa shape index (κ3) is 2.65. The molecule has 24 heavy (non-hydrogen) atoms. The molecule has 0 spiro atoms. The van der Waals surface area contributed by atoms with Crippen LogP contribution in [0.1, 0.15) is 19.9 Å². The zero-order valence-corrected chi connectivity index (χ0v) is 13.6. The first-order valence-electron chi connectivity index (χ1n) is 7.83. The van der Waals surface area contributed by atoms with Gasteiger partial charge in [0, 0.05) is 11.6 Å². The molecule has 0 saturated carbocycles. The summed E-state index contributed by atoms with van der Waals surface area (Å²) in [5, 5.41) is 2.59. The first-order valence-corrected chi connectivity index (χ1v) is 7.83. The largest absolute Gasteiger partial charge is 0.322 e. The van der Waals surface area contributed by atoms with Crippen molar-refractivity contribution in [1.29, 1.82) is 0 Å². The highest BCUT2D eigenvalue weighted by Crippen LogP contribution is 2.30. The summed E-state index contributed by atoms with van der Waals surface area (Å²) in [7, 11) is 0. The minimum Gasteiger partial charge on any atom is -0.322 e. The third-order valence-corrected chi connectivity index (χ3v) is 3.83. The van der Waals surface area contributed by atoms with Crippen LogP contribution in [0.5, 0.6) is 0 Å². The van der Waals surface area contributed by atoms with Crippen LogP contribution in [-0.2, 0) is 4.79 Å². The SMILES string of the molecule is CC(C)n1c(=O)c(NC=O)c(-c2ccccc2)n1-c1ccccc1. The van der Waals surface area contributed by atoms with E-state index in [-0.39, 0.29) is 17.3 Å². The summed E-state index contributed by atoms with van der Waals surface area (Å²) in [6.07, 6.45) is 0.545. The Balaban J connectivity index is 2.43. The number of nitrogens with one attached hydrogen (secondary N) is 1. The normalized spacial score (nSPS) is 10.8. The molecule has 122 valence electrons. The fraction of sp³-hybridized carbons (Fsp3) is 0.158. The lowest BCUT2D eigenvalue weighted by Gasteiger charge is -2.17. The number of benzene rings is 2. The molecule has 0 aliphatic heterocycles. The predicted molar refractivity (Wildman–Crippen MR) is 95.5 cm³/mol. The van der Waals surface area contributed by atoms with Gasteiger partial charge in [0.2, 0.25) is 6.41 Å². The van der Waals surface area contributed by atoms with Crippen molar-refractivity contribution < 1.29 is 4.79 Å². The highest BCUT2D eigenvalue weighted by Gasteiger charge is 2.23. The molecular weight excluding hydrogens is 302 g/mol. The van der Waals surface area contributed by atoms with Crippen molar-refractivity contribution in [3.8, 4) is 16.9 Å². The first kappa shape index (κ1) is 15.8. The molecular formula is C19H19N3O2. The Bertz CT molecular complexity index is 894. The summed E-state index contributed by atoms with van der Waals surface area (Å²) in [4.78, 5) is 24.0. The second-order valence-corrected chi connectivity index (χ2v) is 5.74. The molecule has 1 amide bonds. The minimum atomic E-state index is -0.222. The smallest absolute Gasteiger partial charge is 0.291 e. The molecule has 3 rings (SSSR count). The number of para-hydroxylation sites is 1. The Labute approximate surface area is 140 Å². The molecule has 1 aromatic heterocycles. The number of aromatic nitrogens is 2. The monoisotopic (exact) mass is 321 g/mol. The summed E-state index contributed by atoms with van der Waals surface area (Å²) in [6, 6.07) is 19.2. The standard InChI is InChI=1S/C19H19N3O2/c1-14(2)21-19(24)17(20-13-23)18(15-9-5-3-6-10-15)22(21)16-11-7-4-8-12-16/h3-14H,1-2H3,(H,20,23). The third-order valence-electron chi connectivity index (χ3n) is 3.83. The molecule has 0 fully saturated rings. The molecule has 0 saturated heterocycles. The Hall–Kier alpha value is -3.08. The van der Waals surface area contributed by atoms with E-state index in [1.165, 1.54) is 0 Å². The number of hydrogen-bond acceptors (Lipinski definition) is 2. The summed E-state index contributed by atoms with van der Waals surface area (Å²) in [5.41, 5.74) is 2.46. The number of nitrogens with zero attached hydrogens (tertiary/aromatic N) is 2. The van der Waals surface area contributed by atoms with Gasteiger partial charge in [-0.05, 0) is 26.0 Å². The molecule has 0 aliphatic rings. The van der Waals surface area contributed by atoms with Crippen LogP contribution in [0.3, 0.4) is 0 Å². The lowest BCUT2D eigenvalue weighted by Crippen LogP contribution is -2.25. The fourth-order valence-electron chi connectivity index (χ4n) is 2.86. The second-order valence-electron chi connectivity index (χ2n) is 5.74. The molecule has 1 N–H and O–H groups in total. The van der Waals surface area contributed by atoms with E-state index in [9.17, 15) is 9.59 Å². The van der Waals surface area contributed by atoms with Gasteiger partial charge in [0.1, 0.15) is 5.69 Å². The van der Waals surface area contributed by atoms with Crippen LogP contribution >= 0.6 is 0 Å². The second kappa shape index (κ2) is 6.58. The molecule has 5 nitrogen and oxygen atoms in total. The average molecular weight is 321 g/mol. The van der Waals surface area contributed by atoms with E-state index in [1.807, 2.05) is 79.2 Å². The van der Waals surface area contributed by atoms with E-state index in [0.29, 0.717) is 12.1 Å². The summed E-state index contributed by atoms with van der Waals surface area (Å²) >= 11 is 0. The highest BCUT2D eigenvalue weighted by molar-refractivity contribution is 5.83. The van der Waals surface area contributed by atoms with Gasteiger partial charge in [0.05, 0.1) is 11.4 Å². The maximum Gasteiger partial charge on any atom is 0.291 e. The van der Waals surface area contributed by atoms with Crippen LogP contribution in [0.25, 0.3) is 16.9 Å². The van der Waals surface area contributed by atoms with Crippen LogP contribution in [0.15, 0.2) is 65.5 Å². The van der Waals surface area contributed by atoms with Gasteiger partial charge in [-0.1, -0.05) is 48.5 Å². The van der Waals surface area contributed by atoms with Crippen molar-refractivity contribution in [1.82, 2.24) is 9.36 Å². The van der Waals surface area contributed by atoms with Crippen molar-refractivity contribution >= 4 is 12.1 Å². The molecule has 2 aromatic carbocycles. The van der Waals surface area contributed by atoms with Gasteiger partial charge >= 0.3 is 0 Å². The van der Waals surface area contributed by atoms with Gasteiger partial charge in [0.25, 0.3) is 5.56 Å². The quantitative estimate of drug-likeness (QED) is 0.732. The van der Waals surface area contributed by atoms with Crippen molar-refractivity contribution in [3.63, 3.8) is 0 Å². The Morgan fingerprint density at radius 1 is 0.958 bits per heavy atom. The van der Waals surface area contributed by atoms with Crippen molar-refractivity contribution in [2.75, 3.05) is 5.32 Å². The molecule has 1 heterocycles. The number of hydrogen-bond donors (Lipinski definition) is 1. The van der Waals surface area contributed by atoms with Crippen LogP contribution in [0.4, 0.5) is 5.69 Å². The number of carbonyl (C=O) groups is 1. The Kier molecular flexibility index (Phi) is 4.33. The highest BCUT2D eigenvalue weighted by atomic mass is 16.1. The minimum absolute atomic E-state index is 0.0672. The number of carbonyl (C=O) groups excluding carboxylic acids is 1. The molecule has 0 aliphatic carbocycles. The van der Waals surface area contributed by atoms with Gasteiger partial charge in [-0.2, -0.15) is 0 Å². The van der Waals surface area contributed by atoms with Crippen LogP contribution in [0, 0.1) is 0 Å². The van der Waals surface area contributed by atoms with Crippen molar-refractivity contribution in [2.24, 2.45) is 0 Å². The fourth-order valence-corrected chi connectivity index (χ4v) is 2.86. The predicted octanol–water partition coefficient (Wildman–Crippen LogP) is 3.46. The average Bonchev–Trinajstić information content (AvgIpc) is 2.90. The number of rotatable bonds is 5. The summed E-state index contributed by atoms with van der Waals surface area (Å²) < 4.78 is 3.53. The first-order chi connectivity index (χ1) is 11.6. The maximum atomic E-state index is 12.9. The van der Waals surface area contributed by atoms with Gasteiger partial charge in [-0.15, -0.1) is 0 Å². The van der Waals surface area contributed by atoms with Gasteiger partial charge in [-0.3, -0.25) is 9.59 Å². The number of amides is 1. The topological polar surface area (TPSA) is 56.0 Å². The number of anilines is 1. The summed E-state index contributed by atoms with van der Waals surface area (Å²) in [6.45, 7) is 3.89. The van der Waals surface area contributed by atoms with Crippen LogP contribution in [-0.4, -0.2) is 15.8 Å². The maximum absolute atomic E-state index is 12.9. The van der Waals surface area contributed by atoms with E-state index in [1.54, 1.807) is 4.68 Å². The molecule has 5 heteroatoms. The van der Waals surface area contributed by atoms with Crippen LogP contribution < -0.4 is 10.9 Å². The molecule has 3 aromatic rings. The van der Waals surface area contributed by atoms with Gasteiger partial charge in [-0.25, -0.2) is 9.36 Å². The van der Waals surface area contributed by atoms with E-state index in [2.05, 4.69) is 5.32 Å². The molecule has 0 radical (unpaired) electrons. The van der Waals surface area contributed by atoms with Crippen molar-refractivity contribution in [2.45, 2.75) is 19.9 Å². The summed E-state index contributed by atoms with van der Waals surface area (Å²) in [5.74, 6) is 0. The van der Waals surface area contributed by atoms with E-state index in [4.69, 9.17) is 0 Å². The zero-order chi connectivity index (χ0) is 17.1. The van der Waals surface area contributed by atoms with E-state index < -0.39 is 0 Å². The van der Waals surface area contributed by atoms with Crippen molar-refractivity contribution in [3.05, 3.63) is 71.0 Å². The van der Waals surface area contributed by atoms with E-state index >= 15 is 0 Å². The van der Waals surface area contributed by atoms with E-state index in [0.717, 1.165) is 11.3 Å². The lowest BCUT2D eigenvalue weighted by atomic mass is 10.1. The Morgan fingerprint density at radius 3 is 2.08 bits per heavy atom. The molecule has 0 unspecified atom stereocenters. The van der Waals surface area contributed by atoms with Gasteiger partial charge < -0.3 is 5.32 Å². The lowest BCUT2D eigenvalue weighted by molar-refractivity contribution is -0.105. The zero-order valence-electron chi connectivity index (χ0n) is 13.6. The van der Waals surface area contributed by atoms with Gasteiger partial charge in [0.15, 0.2) is 0 Å². The Morgan fingerprint density at radius 2 is 1.54 bits per heavy atom. The molecule has 0 atom stereocenters. The molecule has 0 bridgehead atoms.